The molecule has 0 aliphatic heterocycles. The van der Waals surface area contributed by atoms with Gasteiger partial charge in [0.05, 0.1) is 12.9 Å². The average Bonchev–Trinajstić information content (AvgIpc) is 2.58. The third kappa shape index (κ3) is 2.68. The maximum Gasteiger partial charge on any atom is 0.0757 e. The maximum absolute atomic E-state index is 6.70. The molecule has 1 unspecified atom stereocenters. The van der Waals surface area contributed by atoms with Crippen molar-refractivity contribution in [3.05, 3.63) is 19.2 Å². The van der Waals surface area contributed by atoms with Gasteiger partial charge in [-0.25, -0.2) is 0 Å². The van der Waals surface area contributed by atoms with Crippen LogP contribution in [-0.2, 0) is 0 Å². The van der Waals surface area contributed by atoms with Gasteiger partial charge in [-0.05, 0) is 61.7 Å². The smallest absolute Gasteiger partial charge is 0.0757 e. The van der Waals surface area contributed by atoms with Crippen LogP contribution >= 0.6 is 54.8 Å². The minimum Gasteiger partial charge on any atom is -0.121 e. The average molecular weight is 387 g/mol. The third-order valence-corrected chi connectivity index (χ3v) is 6.71. The summed E-state index contributed by atoms with van der Waals surface area (Å²) in [6, 6.07) is 2.16. The lowest BCUT2D eigenvalue weighted by Gasteiger charge is -2.37. The van der Waals surface area contributed by atoms with Crippen LogP contribution in [-0.4, -0.2) is 0 Å². The molecule has 1 aliphatic rings. The van der Waals surface area contributed by atoms with Gasteiger partial charge in [0.15, 0.2) is 0 Å². The Bertz CT molecular complexity index is 369. The van der Waals surface area contributed by atoms with Gasteiger partial charge in [0, 0.05) is 0 Å². The zero-order chi connectivity index (χ0) is 11.8. The second-order valence-electron chi connectivity index (χ2n) is 4.86. The molecule has 0 aromatic carbocycles. The predicted octanol–water partition coefficient (Wildman–Crippen LogP) is 6.52. The molecule has 4 heteroatoms. The van der Waals surface area contributed by atoms with E-state index < -0.39 is 0 Å². The fraction of sp³-hybridized carbons (Fsp3) is 0.667. The summed E-state index contributed by atoms with van der Waals surface area (Å²) in [5.74, 6) is 0. The van der Waals surface area contributed by atoms with E-state index in [1.807, 2.05) is 0 Å². The van der Waals surface area contributed by atoms with Gasteiger partial charge in [0.1, 0.15) is 0 Å². The summed E-state index contributed by atoms with van der Waals surface area (Å²) in [5.41, 5.74) is 1.52. The fourth-order valence-corrected chi connectivity index (χ4v) is 6.00. The Morgan fingerprint density at radius 3 is 2.44 bits per heavy atom. The van der Waals surface area contributed by atoms with Gasteiger partial charge in [-0.3, -0.25) is 0 Å². The third-order valence-electron chi connectivity index (χ3n) is 3.56. The molecule has 1 aromatic rings. The molecule has 0 nitrogen and oxygen atoms in total. The Kier molecular flexibility index (Phi) is 4.43. The summed E-state index contributed by atoms with van der Waals surface area (Å²) in [4.78, 5) is 0. The van der Waals surface area contributed by atoms with E-state index in [1.54, 1.807) is 11.3 Å². The van der Waals surface area contributed by atoms with Crippen LogP contribution in [0.25, 0.3) is 0 Å². The van der Waals surface area contributed by atoms with Gasteiger partial charge in [-0.1, -0.05) is 26.2 Å². The molecule has 16 heavy (non-hydrogen) atoms. The molecule has 0 N–H and O–H groups in total. The van der Waals surface area contributed by atoms with Crippen LogP contribution in [0.4, 0.5) is 0 Å². The van der Waals surface area contributed by atoms with E-state index in [1.165, 1.54) is 41.5 Å². The van der Waals surface area contributed by atoms with Crippen molar-refractivity contribution in [2.45, 2.75) is 44.4 Å². The molecular weight excluding hydrogens is 371 g/mol. The summed E-state index contributed by atoms with van der Waals surface area (Å²) in [5, 5.41) is 0.129. The number of thiophene rings is 1. The lowest BCUT2D eigenvalue weighted by atomic mass is 9.72. The first-order valence-electron chi connectivity index (χ1n) is 5.62. The number of rotatable bonds is 2. The summed E-state index contributed by atoms with van der Waals surface area (Å²) >= 11 is 15.5. The highest BCUT2D eigenvalue weighted by molar-refractivity contribution is 9.12. The largest absolute Gasteiger partial charge is 0.121 e. The van der Waals surface area contributed by atoms with Gasteiger partial charge in [-0.2, -0.15) is 0 Å². The van der Waals surface area contributed by atoms with E-state index in [2.05, 4.69) is 44.8 Å². The molecule has 0 amide bonds. The van der Waals surface area contributed by atoms with Crippen molar-refractivity contribution >= 4 is 54.8 Å². The van der Waals surface area contributed by atoms with Crippen molar-refractivity contribution in [2.75, 3.05) is 0 Å². The van der Waals surface area contributed by atoms with Gasteiger partial charge < -0.3 is 0 Å². The standard InChI is InChI=1S/C12H15Br2ClS/c1-12(5-3-2-4-6-12)10(15)8-7-9(13)16-11(8)14/h7,10H,2-6H2,1H3. The van der Waals surface area contributed by atoms with Crippen LogP contribution in [0.5, 0.6) is 0 Å². The zero-order valence-corrected chi connectivity index (χ0v) is 14.0. The van der Waals surface area contributed by atoms with Crippen molar-refractivity contribution in [3.8, 4) is 0 Å². The number of hydrogen-bond donors (Lipinski definition) is 0. The van der Waals surface area contributed by atoms with Crippen LogP contribution in [0.2, 0.25) is 0 Å². The predicted molar refractivity (Wildman–Crippen MR) is 79.5 cm³/mol. The molecule has 1 aromatic heterocycles. The molecule has 0 saturated heterocycles. The van der Waals surface area contributed by atoms with Crippen LogP contribution in [0.3, 0.4) is 0 Å². The van der Waals surface area contributed by atoms with Crippen LogP contribution in [0.1, 0.15) is 50.0 Å². The molecule has 1 atom stereocenters. The second-order valence-corrected chi connectivity index (χ2v) is 9.04. The molecule has 0 radical (unpaired) electrons. The van der Waals surface area contributed by atoms with Crippen LogP contribution in [0.15, 0.2) is 13.6 Å². The monoisotopic (exact) mass is 384 g/mol. The Morgan fingerprint density at radius 2 is 1.94 bits per heavy atom. The van der Waals surface area contributed by atoms with Crippen molar-refractivity contribution in [1.82, 2.24) is 0 Å². The lowest BCUT2D eigenvalue weighted by Crippen LogP contribution is -2.25. The Labute approximate surface area is 123 Å². The van der Waals surface area contributed by atoms with Crippen LogP contribution in [0, 0.1) is 5.41 Å². The highest BCUT2D eigenvalue weighted by atomic mass is 79.9. The summed E-state index contributed by atoms with van der Waals surface area (Å²) in [6.07, 6.45) is 6.52. The first-order chi connectivity index (χ1) is 7.53. The number of halogens is 3. The minimum atomic E-state index is 0.129. The molecule has 2 rings (SSSR count). The molecule has 90 valence electrons. The minimum absolute atomic E-state index is 0.129. The Morgan fingerprint density at radius 1 is 1.31 bits per heavy atom. The molecule has 1 aliphatic carbocycles. The zero-order valence-electron chi connectivity index (χ0n) is 9.23. The van der Waals surface area contributed by atoms with Gasteiger partial charge >= 0.3 is 0 Å². The molecule has 1 saturated carbocycles. The molecule has 0 bridgehead atoms. The summed E-state index contributed by atoms with van der Waals surface area (Å²) in [6.45, 7) is 2.34. The van der Waals surface area contributed by atoms with Crippen LogP contribution < -0.4 is 0 Å². The first kappa shape index (κ1) is 13.4. The fourth-order valence-electron chi connectivity index (χ4n) is 2.51. The van der Waals surface area contributed by atoms with Crippen molar-refractivity contribution < 1.29 is 0 Å². The first-order valence-corrected chi connectivity index (χ1v) is 8.46. The van der Waals surface area contributed by atoms with Crippen molar-refractivity contribution in [2.24, 2.45) is 5.41 Å². The van der Waals surface area contributed by atoms with E-state index in [0.29, 0.717) is 0 Å². The van der Waals surface area contributed by atoms with E-state index in [-0.39, 0.29) is 10.8 Å². The van der Waals surface area contributed by atoms with Gasteiger partial charge in [0.25, 0.3) is 0 Å². The van der Waals surface area contributed by atoms with E-state index in [4.69, 9.17) is 11.6 Å². The molecule has 1 fully saturated rings. The highest BCUT2D eigenvalue weighted by Crippen LogP contribution is 2.52. The summed E-state index contributed by atoms with van der Waals surface area (Å²) in [7, 11) is 0. The number of alkyl halides is 1. The molecule has 0 spiro atoms. The van der Waals surface area contributed by atoms with Crippen molar-refractivity contribution in [1.29, 1.82) is 0 Å². The topological polar surface area (TPSA) is 0 Å². The van der Waals surface area contributed by atoms with E-state index in [0.717, 1.165) is 3.79 Å². The SMILES string of the molecule is CC1(C(Cl)c2cc(Br)sc2Br)CCCCC1. The normalized spacial score (nSPS) is 22.0. The summed E-state index contributed by atoms with van der Waals surface area (Å²) < 4.78 is 2.32. The maximum atomic E-state index is 6.70. The number of hydrogen-bond acceptors (Lipinski definition) is 1. The second kappa shape index (κ2) is 5.29. The van der Waals surface area contributed by atoms with Gasteiger partial charge in [0.2, 0.25) is 0 Å². The Balaban J connectivity index is 2.23. The Hall–Kier alpha value is 0.950. The molecular formula is C12H15Br2ClS. The van der Waals surface area contributed by atoms with E-state index in [9.17, 15) is 0 Å². The van der Waals surface area contributed by atoms with Crippen molar-refractivity contribution in [3.63, 3.8) is 0 Å². The lowest BCUT2D eigenvalue weighted by molar-refractivity contribution is 0.206. The quantitative estimate of drug-likeness (QED) is 0.507. The van der Waals surface area contributed by atoms with E-state index >= 15 is 0 Å². The molecule has 1 heterocycles. The highest BCUT2D eigenvalue weighted by Gasteiger charge is 2.36. The van der Waals surface area contributed by atoms with Gasteiger partial charge in [-0.15, -0.1) is 22.9 Å².